The number of aliphatic hydroxyl groups is 1. The number of aliphatic hydroxyl groups excluding tert-OH is 1. The second-order valence-electron chi connectivity index (χ2n) is 5.36. The van der Waals surface area contributed by atoms with Gasteiger partial charge in [0.1, 0.15) is 5.82 Å². The van der Waals surface area contributed by atoms with Gasteiger partial charge in [-0.25, -0.2) is 4.98 Å². The first kappa shape index (κ1) is 15.2. The average Bonchev–Trinajstić information content (AvgIpc) is 2.73. The van der Waals surface area contributed by atoms with Crippen molar-refractivity contribution < 1.29 is 5.11 Å². The first-order valence-corrected chi connectivity index (χ1v) is 6.89. The highest BCUT2D eigenvalue weighted by molar-refractivity contribution is 4.90. The van der Waals surface area contributed by atoms with Crippen LogP contribution in [0.2, 0.25) is 0 Å². The Morgan fingerprint density at radius 2 is 2.22 bits per heavy atom. The van der Waals surface area contributed by atoms with Gasteiger partial charge in [0.2, 0.25) is 0 Å². The highest BCUT2D eigenvalue weighted by atomic mass is 16.3. The van der Waals surface area contributed by atoms with Crippen LogP contribution in [-0.2, 0) is 6.54 Å². The van der Waals surface area contributed by atoms with Gasteiger partial charge >= 0.3 is 0 Å². The molecule has 1 heterocycles. The molecular weight excluding hydrogens is 226 g/mol. The summed E-state index contributed by atoms with van der Waals surface area (Å²) in [4.78, 5) is 4.22. The van der Waals surface area contributed by atoms with Crippen molar-refractivity contribution in [1.82, 2.24) is 14.9 Å². The first-order chi connectivity index (χ1) is 8.53. The van der Waals surface area contributed by atoms with E-state index in [9.17, 15) is 5.11 Å². The van der Waals surface area contributed by atoms with E-state index < -0.39 is 0 Å². The molecule has 1 unspecified atom stereocenters. The number of hydrogen-bond acceptors (Lipinski definition) is 3. The van der Waals surface area contributed by atoms with Gasteiger partial charge in [-0.1, -0.05) is 20.8 Å². The van der Waals surface area contributed by atoms with Crippen molar-refractivity contribution in [1.29, 1.82) is 0 Å². The van der Waals surface area contributed by atoms with Crippen molar-refractivity contribution in [2.24, 2.45) is 0 Å². The van der Waals surface area contributed by atoms with Crippen LogP contribution in [0.15, 0.2) is 12.4 Å². The summed E-state index contributed by atoms with van der Waals surface area (Å²) in [7, 11) is 0. The number of nitrogens with zero attached hydrogens (tertiary/aromatic N) is 2. The third-order valence-electron chi connectivity index (χ3n) is 3.55. The van der Waals surface area contributed by atoms with Gasteiger partial charge in [-0.2, -0.15) is 0 Å². The Morgan fingerprint density at radius 3 is 2.67 bits per heavy atom. The van der Waals surface area contributed by atoms with Crippen LogP contribution >= 0.6 is 0 Å². The third kappa shape index (κ3) is 4.10. The van der Waals surface area contributed by atoms with Crippen molar-refractivity contribution >= 4 is 0 Å². The molecule has 1 aromatic heterocycles. The standard InChI is InChI=1S/C14H27N3O/c1-5-14(11-18,16-12(2)3)7-6-9-17-10-8-15-13(17)4/h8,10,12,16,18H,5-7,9,11H2,1-4H3. The van der Waals surface area contributed by atoms with Crippen LogP contribution in [0.3, 0.4) is 0 Å². The number of aromatic nitrogens is 2. The number of rotatable bonds is 8. The monoisotopic (exact) mass is 253 g/mol. The molecular formula is C14H27N3O. The fourth-order valence-electron chi connectivity index (χ4n) is 2.43. The molecule has 0 bridgehead atoms. The summed E-state index contributed by atoms with van der Waals surface area (Å²) in [6.45, 7) is 9.57. The van der Waals surface area contributed by atoms with Gasteiger partial charge < -0.3 is 15.0 Å². The molecule has 0 fully saturated rings. The molecule has 18 heavy (non-hydrogen) atoms. The summed E-state index contributed by atoms with van der Waals surface area (Å²) in [5.74, 6) is 1.05. The quantitative estimate of drug-likeness (QED) is 0.746. The summed E-state index contributed by atoms with van der Waals surface area (Å²) >= 11 is 0. The summed E-state index contributed by atoms with van der Waals surface area (Å²) in [6.07, 6.45) is 6.82. The molecule has 0 spiro atoms. The molecule has 4 nitrogen and oxygen atoms in total. The normalized spacial score (nSPS) is 15.0. The minimum Gasteiger partial charge on any atom is -0.394 e. The molecule has 0 aliphatic carbocycles. The molecule has 0 aliphatic heterocycles. The van der Waals surface area contributed by atoms with E-state index in [1.54, 1.807) is 0 Å². The molecule has 1 rings (SSSR count). The van der Waals surface area contributed by atoms with Crippen LogP contribution in [0.4, 0.5) is 0 Å². The lowest BCUT2D eigenvalue weighted by molar-refractivity contribution is 0.134. The Hall–Kier alpha value is -0.870. The van der Waals surface area contributed by atoms with Gasteiger partial charge in [0.05, 0.1) is 6.61 Å². The predicted molar refractivity (Wildman–Crippen MR) is 74.6 cm³/mol. The largest absolute Gasteiger partial charge is 0.394 e. The Kier molecular flexibility index (Phi) is 5.82. The molecule has 4 heteroatoms. The van der Waals surface area contributed by atoms with Crippen molar-refractivity contribution in [3.05, 3.63) is 18.2 Å². The Labute approximate surface area is 110 Å². The maximum Gasteiger partial charge on any atom is 0.105 e. The highest BCUT2D eigenvalue weighted by Crippen LogP contribution is 2.18. The molecule has 104 valence electrons. The average molecular weight is 253 g/mol. The molecule has 1 atom stereocenters. The zero-order chi connectivity index (χ0) is 13.6. The number of aryl methyl sites for hydroxylation is 2. The maximum absolute atomic E-state index is 9.66. The fourth-order valence-corrected chi connectivity index (χ4v) is 2.43. The van der Waals surface area contributed by atoms with E-state index in [4.69, 9.17) is 0 Å². The summed E-state index contributed by atoms with van der Waals surface area (Å²) < 4.78 is 2.16. The topological polar surface area (TPSA) is 50.1 Å². The SMILES string of the molecule is CCC(CO)(CCCn1ccnc1C)NC(C)C. The van der Waals surface area contributed by atoms with E-state index >= 15 is 0 Å². The molecule has 0 amide bonds. The van der Waals surface area contributed by atoms with Crippen LogP contribution in [0.1, 0.15) is 45.9 Å². The number of imidazole rings is 1. The molecule has 1 aromatic rings. The van der Waals surface area contributed by atoms with Crippen LogP contribution in [-0.4, -0.2) is 32.8 Å². The van der Waals surface area contributed by atoms with E-state index in [2.05, 4.69) is 35.6 Å². The summed E-state index contributed by atoms with van der Waals surface area (Å²) in [5.41, 5.74) is -0.136. The highest BCUT2D eigenvalue weighted by Gasteiger charge is 2.27. The van der Waals surface area contributed by atoms with E-state index in [-0.39, 0.29) is 12.1 Å². The molecule has 0 aromatic carbocycles. The van der Waals surface area contributed by atoms with Gasteiger partial charge in [-0.05, 0) is 26.2 Å². The van der Waals surface area contributed by atoms with Gasteiger partial charge in [0.15, 0.2) is 0 Å². The Morgan fingerprint density at radius 1 is 1.50 bits per heavy atom. The Bertz CT molecular complexity index is 343. The molecule has 0 saturated heterocycles. The second kappa shape index (κ2) is 6.90. The van der Waals surface area contributed by atoms with Crippen molar-refractivity contribution in [2.75, 3.05) is 6.61 Å². The van der Waals surface area contributed by atoms with Gasteiger partial charge in [0.25, 0.3) is 0 Å². The first-order valence-electron chi connectivity index (χ1n) is 6.89. The zero-order valence-corrected chi connectivity index (χ0v) is 12.1. The van der Waals surface area contributed by atoms with E-state index in [1.165, 1.54) is 0 Å². The van der Waals surface area contributed by atoms with Crippen molar-refractivity contribution in [3.63, 3.8) is 0 Å². The van der Waals surface area contributed by atoms with Crippen LogP contribution in [0, 0.1) is 6.92 Å². The molecule has 0 saturated carbocycles. The van der Waals surface area contributed by atoms with Gasteiger partial charge in [-0.15, -0.1) is 0 Å². The maximum atomic E-state index is 9.66. The van der Waals surface area contributed by atoms with Crippen LogP contribution in [0.25, 0.3) is 0 Å². The minimum absolute atomic E-state index is 0.136. The van der Waals surface area contributed by atoms with Gasteiger partial charge in [-0.3, -0.25) is 0 Å². The third-order valence-corrected chi connectivity index (χ3v) is 3.55. The lowest BCUT2D eigenvalue weighted by atomic mass is 9.90. The zero-order valence-electron chi connectivity index (χ0n) is 12.1. The molecule has 0 radical (unpaired) electrons. The number of hydrogen-bond donors (Lipinski definition) is 2. The second-order valence-corrected chi connectivity index (χ2v) is 5.36. The number of nitrogens with one attached hydrogen (secondary N) is 1. The fraction of sp³-hybridized carbons (Fsp3) is 0.786. The van der Waals surface area contributed by atoms with Crippen molar-refractivity contribution in [3.8, 4) is 0 Å². The van der Waals surface area contributed by atoms with E-state index in [0.717, 1.165) is 31.6 Å². The smallest absolute Gasteiger partial charge is 0.105 e. The molecule has 2 N–H and O–H groups in total. The van der Waals surface area contributed by atoms with Gasteiger partial charge in [0, 0.05) is 30.5 Å². The van der Waals surface area contributed by atoms with E-state index in [1.807, 2.05) is 19.3 Å². The molecule has 0 aliphatic rings. The lowest BCUT2D eigenvalue weighted by Crippen LogP contribution is -2.51. The van der Waals surface area contributed by atoms with Crippen molar-refractivity contribution in [2.45, 2.75) is 65.1 Å². The summed E-state index contributed by atoms with van der Waals surface area (Å²) in [6, 6.07) is 0.395. The minimum atomic E-state index is -0.136. The van der Waals surface area contributed by atoms with Crippen LogP contribution < -0.4 is 5.32 Å². The van der Waals surface area contributed by atoms with E-state index in [0.29, 0.717) is 6.04 Å². The predicted octanol–water partition coefficient (Wildman–Crippen LogP) is 2.11. The van der Waals surface area contributed by atoms with Crippen LogP contribution in [0.5, 0.6) is 0 Å². The Balaban J connectivity index is 2.49. The summed E-state index contributed by atoms with van der Waals surface area (Å²) in [5, 5.41) is 13.2. The lowest BCUT2D eigenvalue weighted by Gasteiger charge is -2.34.